The summed E-state index contributed by atoms with van der Waals surface area (Å²) in [5, 5.41) is 10.9. The summed E-state index contributed by atoms with van der Waals surface area (Å²) in [5.74, 6) is 0.732. The predicted octanol–water partition coefficient (Wildman–Crippen LogP) is 3.60. The molecule has 4 rings (SSSR count). The van der Waals surface area contributed by atoms with E-state index in [0.717, 1.165) is 41.8 Å². The second-order valence-corrected chi connectivity index (χ2v) is 7.94. The first kappa shape index (κ1) is 14.4. The van der Waals surface area contributed by atoms with Gasteiger partial charge in [0.1, 0.15) is 17.3 Å². The molecule has 1 N–H and O–H groups in total. The van der Waals surface area contributed by atoms with Gasteiger partial charge < -0.3 is 9.84 Å². The van der Waals surface area contributed by atoms with Crippen molar-refractivity contribution in [1.82, 2.24) is 9.97 Å². The van der Waals surface area contributed by atoms with Crippen LogP contribution >= 0.6 is 11.3 Å². The number of hydrogen-bond acceptors (Lipinski definition) is 5. The normalized spacial score (nSPS) is 25.5. The zero-order valence-corrected chi connectivity index (χ0v) is 13.8. The van der Waals surface area contributed by atoms with Gasteiger partial charge in [0.15, 0.2) is 0 Å². The maximum absolute atomic E-state index is 9.89. The molecule has 2 aromatic rings. The molecule has 0 amide bonds. The van der Waals surface area contributed by atoms with Crippen LogP contribution in [0.15, 0.2) is 6.33 Å². The molecule has 1 saturated carbocycles. The van der Waals surface area contributed by atoms with E-state index in [0.29, 0.717) is 0 Å². The van der Waals surface area contributed by atoms with Crippen LogP contribution in [-0.4, -0.2) is 27.8 Å². The van der Waals surface area contributed by atoms with Crippen molar-refractivity contribution < 1.29 is 9.84 Å². The minimum Gasteiger partial charge on any atom is -0.474 e. The number of rotatable bonds is 3. The molecule has 118 valence electrons. The van der Waals surface area contributed by atoms with Gasteiger partial charge >= 0.3 is 0 Å². The van der Waals surface area contributed by atoms with Gasteiger partial charge in [-0.15, -0.1) is 11.3 Å². The van der Waals surface area contributed by atoms with Crippen LogP contribution in [0.2, 0.25) is 0 Å². The Labute approximate surface area is 134 Å². The summed E-state index contributed by atoms with van der Waals surface area (Å²) in [5.41, 5.74) is 1.06. The highest BCUT2D eigenvalue weighted by Crippen LogP contribution is 2.49. The summed E-state index contributed by atoms with van der Waals surface area (Å²) in [6, 6.07) is 0. The van der Waals surface area contributed by atoms with E-state index in [4.69, 9.17) is 4.74 Å². The molecule has 2 heterocycles. The third-order valence-electron chi connectivity index (χ3n) is 5.21. The zero-order valence-electron chi connectivity index (χ0n) is 13.0. The smallest absolute Gasteiger partial charge is 0.225 e. The van der Waals surface area contributed by atoms with E-state index in [9.17, 15) is 5.11 Å². The first-order valence-corrected chi connectivity index (χ1v) is 9.07. The fraction of sp³-hybridized carbons (Fsp3) is 0.647. The molecule has 1 unspecified atom stereocenters. The Balaban J connectivity index is 1.79. The lowest BCUT2D eigenvalue weighted by Gasteiger charge is -2.25. The molecule has 1 atom stereocenters. The summed E-state index contributed by atoms with van der Waals surface area (Å²) >= 11 is 1.74. The topological polar surface area (TPSA) is 55.2 Å². The minimum atomic E-state index is -0.178. The van der Waals surface area contributed by atoms with Crippen LogP contribution in [-0.2, 0) is 11.8 Å². The van der Waals surface area contributed by atoms with E-state index in [2.05, 4.69) is 16.9 Å². The largest absolute Gasteiger partial charge is 0.474 e. The standard InChI is InChI=1S/C17H22N2O2S/c1-17(9-20)8-7-12-14(17)13-15(18-10-19-16(13)22-12)21-11-5-3-2-4-6-11/h10-11,20H,2-9H2,1H3. The summed E-state index contributed by atoms with van der Waals surface area (Å²) < 4.78 is 6.26. The Morgan fingerprint density at radius 1 is 1.32 bits per heavy atom. The number of fused-ring (bicyclic) bond motifs is 3. The Morgan fingerprint density at radius 3 is 2.91 bits per heavy atom. The fourth-order valence-corrected chi connectivity index (χ4v) is 5.15. The molecule has 0 radical (unpaired) electrons. The minimum absolute atomic E-state index is 0.170. The molecule has 0 aliphatic heterocycles. The highest BCUT2D eigenvalue weighted by molar-refractivity contribution is 7.19. The molecule has 2 aromatic heterocycles. The van der Waals surface area contributed by atoms with E-state index >= 15 is 0 Å². The van der Waals surface area contributed by atoms with Crippen LogP contribution < -0.4 is 4.74 Å². The lowest BCUT2D eigenvalue weighted by atomic mass is 9.84. The van der Waals surface area contributed by atoms with Gasteiger partial charge in [-0.3, -0.25) is 0 Å². The maximum atomic E-state index is 9.89. The highest BCUT2D eigenvalue weighted by atomic mass is 32.1. The monoisotopic (exact) mass is 318 g/mol. The molecule has 5 heteroatoms. The third-order valence-corrected chi connectivity index (χ3v) is 6.37. The number of hydrogen-bond donors (Lipinski definition) is 1. The molecule has 0 bridgehead atoms. The Kier molecular flexibility index (Phi) is 3.57. The van der Waals surface area contributed by atoms with Gasteiger partial charge in [0.2, 0.25) is 5.88 Å². The third kappa shape index (κ3) is 2.22. The molecular weight excluding hydrogens is 296 g/mol. The number of ether oxygens (including phenoxy) is 1. The van der Waals surface area contributed by atoms with E-state index in [1.54, 1.807) is 17.7 Å². The van der Waals surface area contributed by atoms with E-state index < -0.39 is 0 Å². The van der Waals surface area contributed by atoms with Crippen LogP contribution in [0.1, 0.15) is 55.9 Å². The highest BCUT2D eigenvalue weighted by Gasteiger charge is 2.39. The SMILES string of the molecule is CC1(CO)CCc2sc3ncnc(OC4CCCCC4)c3c21. The average Bonchev–Trinajstić information content (AvgIpc) is 3.07. The lowest BCUT2D eigenvalue weighted by Crippen LogP contribution is -2.24. The number of nitrogens with zero attached hydrogens (tertiary/aromatic N) is 2. The number of aliphatic hydroxyl groups is 1. The molecule has 2 aliphatic carbocycles. The van der Waals surface area contributed by atoms with Gasteiger partial charge in [0, 0.05) is 10.3 Å². The van der Waals surface area contributed by atoms with Crippen molar-refractivity contribution >= 4 is 21.6 Å². The predicted molar refractivity (Wildman–Crippen MR) is 87.7 cm³/mol. The van der Waals surface area contributed by atoms with Gasteiger partial charge in [-0.25, -0.2) is 9.97 Å². The van der Waals surface area contributed by atoms with Crippen LogP contribution in [0.4, 0.5) is 0 Å². The lowest BCUT2D eigenvalue weighted by molar-refractivity contribution is 0.150. The van der Waals surface area contributed by atoms with Crippen molar-refractivity contribution in [2.75, 3.05) is 6.61 Å². The van der Waals surface area contributed by atoms with Crippen molar-refractivity contribution in [3.8, 4) is 5.88 Å². The molecule has 22 heavy (non-hydrogen) atoms. The Bertz CT molecular complexity index is 693. The van der Waals surface area contributed by atoms with Crippen molar-refractivity contribution in [3.63, 3.8) is 0 Å². The van der Waals surface area contributed by atoms with Gasteiger partial charge in [-0.05, 0) is 44.1 Å². The van der Waals surface area contributed by atoms with E-state index in [1.165, 1.54) is 29.7 Å². The second kappa shape index (κ2) is 5.46. The summed E-state index contributed by atoms with van der Waals surface area (Å²) in [6.07, 6.45) is 9.96. The van der Waals surface area contributed by atoms with Crippen LogP contribution in [0.25, 0.3) is 10.2 Å². The Morgan fingerprint density at radius 2 is 2.14 bits per heavy atom. The fourth-order valence-electron chi connectivity index (χ4n) is 3.87. The summed E-state index contributed by atoms with van der Waals surface area (Å²) in [7, 11) is 0. The number of aliphatic hydroxyl groups excluding tert-OH is 1. The van der Waals surface area contributed by atoms with Gasteiger partial charge in [0.25, 0.3) is 0 Å². The number of aryl methyl sites for hydroxylation is 1. The van der Waals surface area contributed by atoms with Crippen molar-refractivity contribution in [2.24, 2.45) is 0 Å². The zero-order chi connectivity index (χ0) is 15.2. The quantitative estimate of drug-likeness (QED) is 0.939. The number of thiophene rings is 1. The molecular formula is C17H22N2O2S. The second-order valence-electron chi connectivity index (χ2n) is 6.86. The van der Waals surface area contributed by atoms with Crippen LogP contribution in [0.3, 0.4) is 0 Å². The first-order chi connectivity index (χ1) is 10.7. The van der Waals surface area contributed by atoms with Crippen molar-refractivity contribution in [1.29, 1.82) is 0 Å². The van der Waals surface area contributed by atoms with E-state index in [-0.39, 0.29) is 18.1 Å². The summed E-state index contributed by atoms with van der Waals surface area (Å²) in [4.78, 5) is 11.2. The maximum Gasteiger partial charge on any atom is 0.225 e. The van der Waals surface area contributed by atoms with Crippen molar-refractivity contribution in [3.05, 3.63) is 16.8 Å². The van der Waals surface area contributed by atoms with Gasteiger partial charge in [-0.1, -0.05) is 13.3 Å². The van der Waals surface area contributed by atoms with Gasteiger partial charge in [-0.2, -0.15) is 0 Å². The van der Waals surface area contributed by atoms with Crippen molar-refractivity contribution in [2.45, 2.75) is 63.4 Å². The number of aromatic nitrogens is 2. The molecule has 0 spiro atoms. The molecule has 2 aliphatic rings. The van der Waals surface area contributed by atoms with Gasteiger partial charge in [0.05, 0.1) is 12.0 Å². The van der Waals surface area contributed by atoms with E-state index in [1.807, 2.05) is 0 Å². The molecule has 0 saturated heterocycles. The average molecular weight is 318 g/mol. The summed E-state index contributed by atoms with van der Waals surface area (Å²) in [6.45, 7) is 2.31. The Hall–Kier alpha value is -1.20. The molecule has 1 fully saturated rings. The van der Waals surface area contributed by atoms with Crippen LogP contribution in [0, 0.1) is 0 Å². The first-order valence-electron chi connectivity index (χ1n) is 8.26. The van der Waals surface area contributed by atoms with Crippen LogP contribution in [0.5, 0.6) is 5.88 Å². The molecule has 0 aromatic carbocycles. The molecule has 4 nitrogen and oxygen atoms in total.